The Morgan fingerprint density at radius 2 is 1.85 bits per heavy atom. The Hall–Kier alpha value is -3.60. The second-order valence-electron chi connectivity index (χ2n) is 8.96. The third-order valence-electron chi connectivity index (χ3n) is 6.50. The smallest absolute Gasteiger partial charge is 0.313 e. The van der Waals surface area contributed by atoms with E-state index in [1.165, 1.54) is 0 Å². The molecule has 1 heterocycles. The van der Waals surface area contributed by atoms with Crippen molar-refractivity contribution in [2.45, 2.75) is 39.0 Å². The molecule has 0 bridgehead atoms. The van der Waals surface area contributed by atoms with Crippen LogP contribution < -0.4 is 14.8 Å². The van der Waals surface area contributed by atoms with Crippen LogP contribution in [0.15, 0.2) is 65.9 Å². The van der Waals surface area contributed by atoms with Crippen molar-refractivity contribution in [3.63, 3.8) is 0 Å². The van der Waals surface area contributed by atoms with Crippen molar-refractivity contribution in [3.05, 3.63) is 77.0 Å². The van der Waals surface area contributed by atoms with Crippen molar-refractivity contribution in [2.75, 3.05) is 12.4 Å². The maximum Gasteiger partial charge on any atom is 0.313 e. The zero-order valence-corrected chi connectivity index (χ0v) is 19.1. The van der Waals surface area contributed by atoms with Gasteiger partial charge in [0.15, 0.2) is 17.3 Å². The number of hydrogen-bond donors (Lipinski definition) is 1. The molecule has 0 spiro atoms. The van der Waals surface area contributed by atoms with Crippen LogP contribution in [0.3, 0.4) is 0 Å². The number of Topliss-reactive ketones (excluding diaryl/α,β-unsaturated/α-hetero) is 1. The number of allylic oxidation sites excluding steroid dienone is 2. The van der Waals surface area contributed by atoms with Crippen LogP contribution in [0.5, 0.6) is 11.5 Å². The minimum Gasteiger partial charge on any atom is -0.493 e. The van der Waals surface area contributed by atoms with Gasteiger partial charge in [-0.15, -0.1) is 0 Å². The number of ketones is 1. The summed E-state index contributed by atoms with van der Waals surface area (Å²) < 4.78 is 11.1. The molecule has 5 heteroatoms. The lowest BCUT2D eigenvalue weighted by Gasteiger charge is -2.35. The summed E-state index contributed by atoms with van der Waals surface area (Å²) in [6, 6.07) is 18.1. The van der Waals surface area contributed by atoms with Gasteiger partial charge in [-0.1, -0.05) is 56.3 Å². The van der Waals surface area contributed by atoms with Crippen molar-refractivity contribution in [3.8, 4) is 11.5 Å². The molecule has 168 valence electrons. The maximum absolute atomic E-state index is 13.1. The summed E-state index contributed by atoms with van der Waals surface area (Å²) in [6.07, 6.45) is 2.26. The quantitative estimate of drug-likeness (QED) is 0.399. The van der Waals surface area contributed by atoms with E-state index in [9.17, 15) is 9.59 Å². The lowest BCUT2D eigenvalue weighted by atomic mass is 9.75. The van der Waals surface area contributed by atoms with Gasteiger partial charge < -0.3 is 14.8 Å². The number of benzene rings is 3. The monoisotopic (exact) mass is 441 g/mol. The highest BCUT2D eigenvalue weighted by Gasteiger charge is 2.36. The van der Waals surface area contributed by atoms with E-state index >= 15 is 0 Å². The van der Waals surface area contributed by atoms with E-state index in [0.29, 0.717) is 17.9 Å². The number of hydrogen-bond acceptors (Lipinski definition) is 5. The lowest BCUT2D eigenvalue weighted by molar-refractivity contribution is -0.137. The number of carbonyl (C=O) groups is 2. The summed E-state index contributed by atoms with van der Waals surface area (Å²) in [6.45, 7) is 3.59. The molecule has 0 unspecified atom stereocenters. The number of carbonyl (C=O) groups excluding carboxylic acids is 2. The van der Waals surface area contributed by atoms with Crippen LogP contribution in [-0.4, -0.2) is 18.9 Å². The molecule has 0 amide bonds. The van der Waals surface area contributed by atoms with Gasteiger partial charge in [-0.3, -0.25) is 9.59 Å². The second kappa shape index (κ2) is 8.39. The zero-order valence-electron chi connectivity index (χ0n) is 19.1. The first-order valence-electron chi connectivity index (χ1n) is 11.4. The molecular formula is C28H27NO4. The molecule has 1 atom stereocenters. The fraction of sp³-hybridized carbons (Fsp3) is 0.286. The van der Waals surface area contributed by atoms with Gasteiger partial charge in [0.05, 0.1) is 18.7 Å². The number of esters is 1. The summed E-state index contributed by atoms with van der Waals surface area (Å²) in [5.41, 5.74) is 4.90. The Morgan fingerprint density at radius 1 is 1.03 bits per heavy atom. The first kappa shape index (κ1) is 21.3. The van der Waals surface area contributed by atoms with E-state index in [1.807, 2.05) is 24.3 Å². The van der Waals surface area contributed by atoms with Crippen LogP contribution in [0.4, 0.5) is 5.69 Å². The molecule has 33 heavy (non-hydrogen) atoms. The molecule has 0 saturated carbocycles. The van der Waals surface area contributed by atoms with Gasteiger partial charge in [-0.05, 0) is 41.5 Å². The number of nitrogens with one attached hydrogen (secondary N) is 1. The average Bonchev–Trinajstić information content (AvgIpc) is 2.83. The van der Waals surface area contributed by atoms with Gasteiger partial charge >= 0.3 is 5.97 Å². The molecule has 5 rings (SSSR count). The van der Waals surface area contributed by atoms with Crippen molar-refractivity contribution in [1.29, 1.82) is 0 Å². The van der Waals surface area contributed by atoms with Gasteiger partial charge in [-0.25, -0.2) is 0 Å². The van der Waals surface area contributed by atoms with Crippen molar-refractivity contribution < 1.29 is 19.1 Å². The minimum absolute atomic E-state index is 0.182. The summed E-state index contributed by atoms with van der Waals surface area (Å²) >= 11 is 0. The van der Waals surface area contributed by atoms with Crippen LogP contribution in [0, 0.1) is 5.92 Å². The Balaban J connectivity index is 1.67. The Bertz CT molecular complexity index is 1300. The van der Waals surface area contributed by atoms with Gasteiger partial charge in [0.2, 0.25) is 0 Å². The van der Waals surface area contributed by atoms with E-state index in [4.69, 9.17) is 9.47 Å². The maximum atomic E-state index is 13.1. The van der Waals surface area contributed by atoms with Crippen molar-refractivity contribution in [2.24, 2.45) is 5.92 Å². The predicted molar refractivity (Wildman–Crippen MR) is 129 cm³/mol. The van der Waals surface area contributed by atoms with Crippen LogP contribution in [-0.2, 0) is 9.59 Å². The Kier molecular flexibility index (Phi) is 5.41. The van der Waals surface area contributed by atoms with Crippen molar-refractivity contribution in [1.82, 2.24) is 0 Å². The van der Waals surface area contributed by atoms with Gasteiger partial charge in [0.25, 0.3) is 0 Å². The number of anilines is 1. The normalized spacial score (nSPS) is 17.5. The number of fused-ring (bicyclic) bond motifs is 3. The summed E-state index contributed by atoms with van der Waals surface area (Å²) in [4.78, 5) is 25.3. The van der Waals surface area contributed by atoms with Crippen LogP contribution in [0.1, 0.15) is 50.2 Å². The molecule has 3 aromatic carbocycles. The van der Waals surface area contributed by atoms with Gasteiger partial charge in [-0.2, -0.15) is 0 Å². The average molecular weight is 442 g/mol. The van der Waals surface area contributed by atoms with Crippen molar-refractivity contribution >= 4 is 28.2 Å². The SMILES string of the molecule is COc1cc([C@H]2C3=C(CCCC3=O)Nc3c2ccc2ccccc32)ccc1OC(=O)C(C)C. The van der Waals surface area contributed by atoms with Crippen LogP contribution in [0.2, 0.25) is 0 Å². The third-order valence-corrected chi connectivity index (χ3v) is 6.50. The van der Waals surface area contributed by atoms with Crippen LogP contribution in [0.25, 0.3) is 10.8 Å². The van der Waals surface area contributed by atoms with Crippen LogP contribution >= 0.6 is 0 Å². The Labute approximate surface area is 193 Å². The molecule has 1 aliphatic heterocycles. The van der Waals surface area contributed by atoms with Gasteiger partial charge in [0, 0.05) is 29.0 Å². The highest BCUT2D eigenvalue weighted by atomic mass is 16.6. The van der Waals surface area contributed by atoms with E-state index in [1.54, 1.807) is 27.0 Å². The number of rotatable bonds is 4. The largest absolute Gasteiger partial charge is 0.493 e. The highest BCUT2D eigenvalue weighted by Crippen LogP contribution is 2.48. The fourth-order valence-electron chi connectivity index (χ4n) is 4.82. The minimum atomic E-state index is -0.313. The zero-order chi connectivity index (χ0) is 23.1. The third kappa shape index (κ3) is 3.67. The molecular weight excluding hydrogens is 414 g/mol. The van der Waals surface area contributed by atoms with E-state index in [-0.39, 0.29) is 23.6 Å². The standard InChI is InChI=1S/C28H27NO4/c1-16(2)28(31)33-23-14-12-18(15-24(23)32-3)25-20-13-11-17-7-4-5-8-19(17)27(20)29-21-9-6-10-22(30)26(21)25/h4-5,7-8,11-16,25,29H,6,9-10H2,1-3H3/t25-/m1/s1. The van der Waals surface area contributed by atoms with E-state index in [0.717, 1.165) is 51.7 Å². The molecule has 0 fully saturated rings. The summed E-state index contributed by atoms with van der Waals surface area (Å²) in [7, 11) is 1.56. The molecule has 1 aliphatic carbocycles. The second-order valence-corrected chi connectivity index (χ2v) is 8.96. The highest BCUT2D eigenvalue weighted by molar-refractivity contribution is 6.04. The lowest BCUT2D eigenvalue weighted by Crippen LogP contribution is -2.27. The first-order chi connectivity index (χ1) is 16.0. The summed E-state index contributed by atoms with van der Waals surface area (Å²) in [5.74, 6) is 0.280. The molecule has 5 nitrogen and oxygen atoms in total. The molecule has 3 aromatic rings. The molecule has 0 saturated heterocycles. The molecule has 1 N–H and O–H groups in total. The van der Waals surface area contributed by atoms with Gasteiger partial charge in [0.1, 0.15) is 0 Å². The molecule has 0 radical (unpaired) electrons. The number of methoxy groups -OCH3 is 1. The molecule has 2 aliphatic rings. The number of ether oxygens (including phenoxy) is 2. The topological polar surface area (TPSA) is 64.6 Å². The predicted octanol–water partition coefficient (Wildman–Crippen LogP) is 5.97. The summed E-state index contributed by atoms with van der Waals surface area (Å²) in [5, 5.41) is 5.90. The Morgan fingerprint density at radius 3 is 2.64 bits per heavy atom. The molecule has 0 aromatic heterocycles. The first-order valence-corrected chi connectivity index (χ1v) is 11.4. The van der Waals surface area contributed by atoms with E-state index < -0.39 is 0 Å². The fourth-order valence-corrected chi connectivity index (χ4v) is 4.82. The van der Waals surface area contributed by atoms with E-state index in [2.05, 4.69) is 29.6 Å².